The zero-order chi connectivity index (χ0) is 23.7. The Kier molecular flexibility index (Phi) is 7.12. The molecule has 32 heavy (non-hydrogen) atoms. The summed E-state index contributed by atoms with van der Waals surface area (Å²) in [5.74, 6) is -2.12. The molecule has 0 saturated carbocycles. The van der Waals surface area contributed by atoms with Crippen LogP contribution in [0.4, 0.5) is 17.6 Å². The lowest BCUT2D eigenvalue weighted by molar-refractivity contribution is -0.147. The molecule has 0 spiro atoms. The van der Waals surface area contributed by atoms with Crippen molar-refractivity contribution in [1.29, 1.82) is 0 Å². The predicted octanol–water partition coefficient (Wildman–Crippen LogP) is 2.47. The zero-order valence-electron chi connectivity index (χ0n) is 16.8. The van der Waals surface area contributed by atoms with Gasteiger partial charge in [-0.15, -0.1) is 4.83 Å². The van der Waals surface area contributed by atoms with E-state index in [-0.39, 0.29) is 31.0 Å². The van der Waals surface area contributed by atoms with E-state index in [1.54, 1.807) is 17.8 Å². The maximum absolute atomic E-state index is 14.4. The summed E-state index contributed by atoms with van der Waals surface area (Å²) >= 11 is 5.88. The number of piperidine rings is 1. The first kappa shape index (κ1) is 24.4. The maximum atomic E-state index is 14.4. The average molecular weight is 498 g/mol. The van der Waals surface area contributed by atoms with Crippen molar-refractivity contribution < 1.29 is 30.8 Å². The third kappa shape index (κ3) is 5.97. The second-order valence-corrected chi connectivity index (χ2v) is 9.80. The monoisotopic (exact) mass is 497 g/mol. The summed E-state index contributed by atoms with van der Waals surface area (Å²) in [7, 11) is -2.38. The molecule has 14 heteroatoms. The molecule has 1 fully saturated rings. The molecule has 0 bridgehead atoms. The number of nitrogens with one attached hydrogen (secondary N) is 2. The number of halogens is 5. The number of carbonyl (C=O) groups excluding carboxylic acids is 1. The number of hydrogen-bond acceptors (Lipinski definition) is 5. The van der Waals surface area contributed by atoms with Crippen LogP contribution in [-0.2, 0) is 17.1 Å². The number of hydrogen-bond donors (Lipinski definition) is 2. The lowest BCUT2D eigenvalue weighted by Gasteiger charge is -2.31. The van der Waals surface area contributed by atoms with Crippen LogP contribution in [0.3, 0.4) is 0 Å². The van der Waals surface area contributed by atoms with Gasteiger partial charge in [0.05, 0.1) is 34.4 Å². The Morgan fingerprint density at radius 1 is 1.28 bits per heavy atom. The second kappa shape index (κ2) is 9.33. The van der Waals surface area contributed by atoms with E-state index in [9.17, 15) is 30.8 Å². The number of imidazole rings is 1. The Hall–Kier alpha value is -2.22. The van der Waals surface area contributed by atoms with Crippen molar-refractivity contribution in [3.8, 4) is 11.3 Å². The third-order valence-electron chi connectivity index (χ3n) is 4.96. The zero-order valence-corrected chi connectivity index (χ0v) is 18.4. The van der Waals surface area contributed by atoms with E-state index in [1.807, 2.05) is 10.3 Å². The molecule has 2 N–H and O–H groups in total. The summed E-state index contributed by atoms with van der Waals surface area (Å²) < 4.78 is 78.4. The predicted molar refractivity (Wildman–Crippen MR) is 109 cm³/mol. The van der Waals surface area contributed by atoms with Gasteiger partial charge in [0, 0.05) is 18.8 Å². The third-order valence-corrected chi connectivity index (χ3v) is 6.97. The van der Waals surface area contributed by atoms with Crippen molar-refractivity contribution in [3.05, 3.63) is 41.1 Å². The number of sulfonamides is 1. The summed E-state index contributed by atoms with van der Waals surface area (Å²) in [5.41, 5.74) is 2.22. The molecule has 1 aromatic heterocycles. The summed E-state index contributed by atoms with van der Waals surface area (Å²) in [6.45, 7) is -1.23. The van der Waals surface area contributed by atoms with E-state index in [1.165, 1.54) is 18.5 Å². The highest BCUT2D eigenvalue weighted by atomic mass is 35.5. The Morgan fingerprint density at radius 2 is 1.94 bits per heavy atom. The SMILES string of the molecule is Cn1cnc(-c2cc(Cl)c(F)c(C(=O)NNS(=O)(=O)C3CCN(CC(F)(F)F)CC3)c2)c1. The molecule has 0 atom stereocenters. The lowest BCUT2D eigenvalue weighted by Crippen LogP contribution is -2.50. The number of aromatic nitrogens is 2. The summed E-state index contributed by atoms with van der Waals surface area (Å²) in [5, 5.41) is -1.35. The Morgan fingerprint density at radius 3 is 2.50 bits per heavy atom. The Bertz CT molecular complexity index is 1100. The van der Waals surface area contributed by atoms with Gasteiger partial charge in [-0.05, 0) is 38.1 Å². The molecule has 8 nitrogen and oxygen atoms in total. The molecule has 0 aliphatic carbocycles. The summed E-state index contributed by atoms with van der Waals surface area (Å²) in [4.78, 5) is 19.6. The minimum Gasteiger partial charge on any atom is -0.340 e. The molecule has 1 aliphatic rings. The number of nitrogens with zero attached hydrogens (tertiary/aromatic N) is 3. The smallest absolute Gasteiger partial charge is 0.340 e. The summed E-state index contributed by atoms with van der Waals surface area (Å²) in [6, 6.07) is 2.47. The van der Waals surface area contributed by atoms with Crippen molar-refractivity contribution in [1.82, 2.24) is 24.7 Å². The number of aryl methyl sites for hydroxylation is 1. The van der Waals surface area contributed by atoms with Crippen LogP contribution in [0.5, 0.6) is 0 Å². The van der Waals surface area contributed by atoms with Crippen LogP contribution in [0.2, 0.25) is 5.02 Å². The van der Waals surface area contributed by atoms with Crippen LogP contribution in [0.15, 0.2) is 24.7 Å². The normalized spacial score (nSPS) is 16.3. The molecular formula is C18H20ClF4N5O3S. The molecule has 176 valence electrons. The molecule has 1 saturated heterocycles. The lowest BCUT2D eigenvalue weighted by atomic mass is 10.1. The summed E-state index contributed by atoms with van der Waals surface area (Å²) in [6.07, 6.45) is -1.33. The fraction of sp³-hybridized carbons (Fsp3) is 0.444. The minimum atomic E-state index is -4.37. The topological polar surface area (TPSA) is 96.3 Å². The first-order valence-corrected chi connectivity index (χ1v) is 11.4. The van der Waals surface area contributed by atoms with Crippen LogP contribution in [0.25, 0.3) is 11.3 Å². The van der Waals surface area contributed by atoms with Crippen molar-refractivity contribution in [3.63, 3.8) is 0 Å². The Labute approximate surface area is 186 Å². The van der Waals surface area contributed by atoms with Gasteiger partial charge in [-0.1, -0.05) is 11.6 Å². The average Bonchev–Trinajstić information content (AvgIpc) is 3.14. The van der Waals surface area contributed by atoms with Crippen LogP contribution in [-0.4, -0.2) is 59.8 Å². The molecule has 1 amide bonds. The van der Waals surface area contributed by atoms with Gasteiger partial charge < -0.3 is 4.57 Å². The van der Waals surface area contributed by atoms with Gasteiger partial charge in [-0.2, -0.15) is 13.2 Å². The van der Waals surface area contributed by atoms with Gasteiger partial charge in [0.15, 0.2) is 5.82 Å². The number of carbonyl (C=O) groups is 1. The van der Waals surface area contributed by atoms with E-state index in [0.29, 0.717) is 11.3 Å². The number of likely N-dealkylation sites (tertiary alicyclic amines) is 1. The van der Waals surface area contributed by atoms with Gasteiger partial charge >= 0.3 is 6.18 Å². The van der Waals surface area contributed by atoms with Gasteiger partial charge in [-0.25, -0.2) is 17.8 Å². The standard InChI is InChI=1S/C18H20ClF4N5O3S/c1-27-8-15(24-10-27)11-6-13(16(20)14(19)7-11)17(29)25-26-32(30,31)12-2-4-28(5-3-12)9-18(21,22)23/h6-8,10,12,26H,2-5,9H2,1H3,(H,25,29). The highest BCUT2D eigenvalue weighted by Gasteiger charge is 2.36. The van der Waals surface area contributed by atoms with E-state index in [4.69, 9.17) is 11.6 Å². The van der Waals surface area contributed by atoms with E-state index in [0.717, 1.165) is 4.90 Å². The first-order valence-electron chi connectivity index (χ1n) is 9.43. The quantitative estimate of drug-likeness (QED) is 0.472. The van der Waals surface area contributed by atoms with E-state index < -0.39 is 45.3 Å². The van der Waals surface area contributed by atoms with Crippen LogP contribution < -0.4 is 10.3 Å². The highest BCUT2D eigenvalue weighted by Crippen LogP contribution is 2.27. The minimum absolute atomic E-state index is 0.0450. The number of alkyl halides is 3. The second-order valence-electron chi connectivity index (χ2n) is 7.44. The molecular weight excluding hydrogens is 478 g/mol. The van der Waals surface area contributed by atoms with Gasteiger partial charge in [0.2, 0.25) is 10.0 Å². The highest BCUT2D eigenvalue weighted by molar-refractivity contribution is 7.90. The fourth-order valence-corrected chi connectivity index (χ4v) is 4.82. The molecule has 1 aromatic carbocycles. The van der Waals surface area contributed by atoms with E-state index >= 15 is 0 Å². The molecule has 1 aliphatic heterocycles. The van der Waals surface area contributed by atoms with Gasteiger partial charge in [-0.3, -0.25) is 15.1 Å². The van der Waals surface area contributed by atoms with Crippen LogP contribution in [0, 0.1) is 5.82 Å². The number of rotatable bonds is 6. The first-order chi connectivity index (χ1) is 14.9. The molecule has 0 unspecified atom stereocenters. The fourth-order valence-electron chi connectivity index (χ4n) is 3.36. The van der Waals surface area contributed by atoms with Crippen LogP contribution >= 0.6 is 11.6 Å². The van der Waals surface area contributed by atoms with Crippen molar-refractivity contribution >= 4 is 27.5 Å². The van der Waals surface area contributed by atoms with Crippen molar-refractivity contribution in [2.75, 3.05) is 19.6 Å². The molecule has 3 rings (SSSR count). The van der Waals surface area contributed by atoms with Crippen molar-refractivity contribution in [2.24, 2.45) is 7.05 Å². The largest absolute Gasteiger partial charge is 0.401 e. The molecule has 0 radical (unpaired) electrons. The van der Waals surface area contributed by atoms with Crippen molar-refractivity contribution in [2.45, 2.75) is 24.3 Å². The molecule has 2 heterocycles. The number of amides is 1. The number of benzene rings is 1. The van der Waals surface area contributed by atoms with E-state index in [2.05, 4.69) is 4.98 Å². The maximum Gasteiger partial charge on any atom is 0.401 e. The van der Waals surface area contributed by atoms with Crippen LogP contribution in [0.1, 0.15) is 23.2 Å². The Balaban J connectivity index is 1.66. The molecule has 2 aromatic rings. The van der Waals surface area contributed by atoms with Gasteiger partial charge in [0.25, 0.3) is 5.91 Å². The number of hydrazine groups is 1. The van der Waals surface area contributed by atoms with Gasteiger partial charge in [0.1, 0.15) is 0 Å².